The zero-order valence-corrected chi connectivity index (χ0v) is 13.0. The van der Waals surface area contributed by atoms with Crippen LogP contribution < -0.4 is 5.32 Å². The molecular weight excluding hydrogens is 327 g/mol. The summed E-state index contributed by atoms with van der Waals surface area (Å²) in [5.74, 6) is -0.634. The van der Waals surface area contributed by atoms with Crippen LogP contribution in [-0.4, -0.2) is 28.8 Å². The van der Waals surface area contributed by atoms with E-state index in [1.165, 1.54) is 17.0 Å². The van der Waals surface area contributed by atoms with Gasteiger partial charge in [0.25, 0.3) is 0 Å². The van der Waals surface area contributed by atoms with Gasteiger partial charge in [-0.1, -0.05) is 28.9 Å². The molecule has 0 spiro atoms. The molecule has 1 unspecified atom stereocenters. The molecular formula is C14H16BrFN2O2. The summed E-state index contributed by atoms with van der Waals surface area (Å²) in [6.07, 6.45) is 0.526. The lowest BCUT2D eigenvalue weighted by atomic mass is 9.94. The molecule has 1 aliphatic heterocycles. The molecule has 0 radical (unpaired) electrons. The minimum Gasteiger partial charge on any atom is -0.340 e. The smallest absolute Gasteiger partial charge is 0.248 e. The zero-order chi connectivity index (χ0) is 14.9. The van der Waals surface area contributed by atoms with E-state index in [1.807, 2.05) is 6.92 Å². The summed E-state index contributed by atoms with van der Waals surface area (Å²) in [7, 11) is 0. The van der Waals surface area contributed by atoms with Crippen molar-refractivity contribution in [2.75, 3.05) is 6.54 Å². The van der Waals surface area contributed by atoms with E-state index in [-0.39, 0.29) is 30.7 Å². The first-order valence-electron chi connectivity index (χ1n) is 6.40. The highest BCUT2D eigenvalue weighted by molar-refractivity contribution is 9.10. The first-order chi connectivity index (χ1) is 9.35. The molecule has 1 saturated heterocycles. The molecule has 1 N–H and O–H groups in total. The topological polar surface area (TPSA) is 49.4 Å². The van der Waals surface area contributed by atoms with Gasteiger partial charge in [-0.05, 0) is 31.0 Å². The Kier molecular flexibility index (Phi) is 4.13. The van der Waals surface area contributed by atoms with Crippen LogP contribution in [0.15, 0.2) is 22.7 Å². The Hall–Kier alpha value is -1.43. The fraction of sp³-hybridized carbons (Fsp3) is 0.429. The first-order valence-corrected chi connectivity index (χ1v) is 7.19. The van der Waals surface area contributed by atoms with Gasteiger partial charge in [-0.15, -0.1) is 0 Å². The Morgan fingerprint density at radius 3 is 2.75 bits per heavy atom. The molecule has 1 aromatic rings. The van der Waals surface area contributed by atoms with Crippen LogP contribution in [-0.2, 0) is 16.1 Å². The van der Waals surface area contributed by atoms with Gasteiger partial charge in [0.1, 0.15) is 11.4 Å². The van der Waals surface area contributed by atoms with E-state index in [1.54, 1.807) is 13.0 Å². The van der Waals surface area contributed by atoms with Gasteiger partial charge in [-0.3, -0.25) is 9.59 Å². The molecule has 1 atom stereocenters. The second kappa shape index (κ2) is 5.52. The molecule has 0 saturated carbocycles. The van der Waals surface area contributed by atoms with Crippen molar-refractivity contribution in [3.05, 3.63) is 34.1 Å². The molecule has 108 valence electrons. The van der Waals surface area contributed by atoms with Crippen molar-refractivity contribution in [1.29, 1.82) is 0 Å². The quantitative estimate of drug-likeness (QED) is 0.915. The molecule has 1 aliphatic rings. The van der Waals surface area contributed by atoms with Crippen LogP contribution in [0.1, 0.15) is 25.8 Å². The Morgan fingerprint density at radius 2 is 2.15 bits per heavy atom. The summed E-state index contributed by atoms with van der Waals surface area (Å²) in [5.41, 5.74) is -0.0881. The van der Waals surface area contributed by atoms with Crippen molar-refractivity contribution in [1.82, 2.24) is 10.2 Å². The van der Waals surface area contributed by atoms with Crippen molar-refractivity contribution < 1.29 is 14.0 Å². The standard InChI is InChI=1S/C14H16BrFN2O2/c1-3-14(2)13(20)18(8-12(19)17-14)7-9-4-5-10(16)6-11(9)15/h4-6H,3,7-8H2,1-2H3,(H,17,19). The van der Waals surface area contributed by atoms with E-state index in [0.717, 1.165) is 5.56 Å². The second-order valence-electron chi connectivity index (χ2n) is 5.13. The molecule has 1 fully saturated rings. The van der Waals surface area contributed by atoms with Crippen molar-refractivity contribution in [2.45, 2.75) is 32.4 Å². The summed E-state index contributed by atoms with van der Waals surface area (Å²) in [5, 5.41) is 2.73. The van der Waals surface area contributed by atoms with Crippen LogP contribution in [0.2, 0.25) is 0 Å². The first kappa shape index (κ1) is 15.0. The lowest BCUT2D eigenvalue weighted by Gasteiger charge is -2.39. The van der Waals surface area contributed by atoms with Gasteiger partial charge in [-0.25, -0.2) is 4.39 Å². The average Bonchev–Trinajstić information content (AvgIpc) is 2.38. The summed E-state index contributed by atoms with van der Waals surface area (Å²) in [6.45, 7) is 3.88. The Labute approximate surface area is 125 Å². The molecule has 0 aliphatic carbocycles. The highest BCUT2D eigenvalue weighted by Gasteiger charge is 2.41. The van der Waals surface area contributed by atoms with Gasteiger partial charge in [0, 0.05) is 11.0 Å². The SMILES string of the molecule is CCC1(C)NC(=O)CN(Cc2ccc(F)cc2Br)C1=O. The van der Waals surface area contributed by atoms with E-state index >= 15 is 0 Å². The number of hydrogen-bond acceptors (Lipinski definition) is 2. The Bertz CT molecular complexity index is 564. The third-order valence-electron chi connectivity index (χ3n) is 3.59. The van der Waals surface area contributed by atoms with Crippen molar-refractivity contribution in [2.24, 2.45) is 0 Å². The summed E-state index contributed by atoms with van der Waals surface area (Å²) >= 11 is 3.28. The molecule has 1 heterocycles. The van der Waals surface area contributed by atoms with Gasteiger partial charge < -0.3 is 10.2 Å². The van der Waals surface area contributed by atoms with Gasteiger partial charge in [0.15, 0.2) is 0 Å². The van der Waals surface area contributed by atoms with E-state index < -0.39 is 5.54 Å². The number of carbonyl (C=O) groups is 2. The number of nitrogens with zero attached hydrogens (tertiary/aromatic N) is 1. The maximum absolute atomic E-state index is 13.1. The zero-order valence-electron chi connectivity index (χ0n) is 11.4. The molecule has 4 nitrogen and oxygen atoms in total. The average molecular weight is 343 g/mol. The minimum absolute atomic E-state index is 0.0260. The largest absolute Gasteiger partial charge is 0.340 e. The number of halogens is 2. The van der Waals surface area contributed by atoms with Gasteiger partial charge >= 0.3 is 0 Å². The highest BCUT2D eigenvalue weighted by atomic mass is 79.9. The summed E-state index contributed by atoms with van der Waals surface area (Å²) in [6, 6.07) is 4.30. The predicted molar refractivity (Wildman–Crippen MR) is 76.4 cm³/mol. The number of rotatable bonds is 3. The van der Waals surface area contributed by atoms with Crippen molar-refractivity contribution >= 4 is 27.7 Å². The maximum Gasteiger partial charge on any atom is 0.248 e. The monoisotopic (exact) mass is 342 g/mol. The number of carbonyl (C=O) groups excluding carboxylic acids is 2. The van der Waals surface area contributed by atoms with E-state index in [2.05, 4.69) is 21.2 Å². The van der Waals surface area contributed by atoms with Crippen LogP contribution in [0.25, 0.3) is 0 Å². The van der Waals surface area contributed by atoms with Crippen molar-refractivity contribution in [3.63, 3.8) is 0 Å². The van der Waals surface area contributed by atoms with Crippen LogP contribution in [0.4, 0.5) is 4.39 Å². The molecule has 0 bridgehead atoms. The van der Waals surface area contributed by atoms with Gasteiger partial charge in [0.05, 0.1) is 6.54 Å². The summed E-state index contributed by atoms with van der Waals surface area (Å²) in [4.78, 5) is 25.7. The Morgan fingerprint density at radius 1 is 1.45 bits per heavy atom. The number of piperazine rings is 1. The fourth-order valence-electron chi connectivity index (χ4n) is 2.22. The number of hydrogen-bond donors (Lipinski definition) is 1. The van der Waals surface area contributed by atoms with Gasteiger partial charge in [0.2, 0.25) is 11.8 Å². The van der Waals surface area contributed by atoms with E-state index in [9.17, 15) is 14.0 Å². The summed E-state index contributed by atoms with van der Waals surface area (Å²) < 4.78 is 13.7. The molecule has 2 amide bonds. The molecule has 20 heavy (non-hydrogen) atoms. The van der Waals surface area contributed by atoms with E-state index in [0.29, 0.717) is 10.9 Å². The number of nitrogens with one attached hydrogen (secondary N) is 1. The lowest BCUT2D eigenvalue weighted by Crippen LogP contribution is -2.64. The predicted octanol–water partition coefficient (Wildman–Crippen LogP) is 2.22. The minimum atomic E-state index is -0.859. The van der Waals surface area contributed by atoms with E-state index in [4.69, 9.17) is 0 Å². The molecule has 1 aromatic carbocycles. The molecule has 2 rings (SSSR count). The van der Waals surface area contributed by atoms with Gasteiger partial charge in [-0.2, -0.15) is 0 Å². The lowest BCUT2D eigenvalue weighted by molar-refractivity contribution is -0.149. The second-order valence-corrected chi connectivity index (χ2v) is 5.99. The number of amides is 2. The number of benzene rings is 1. The van der Waals surface area contributed by atoms with Crippen LogP contribution in [0, 0.1) is 5.82 Å². The van der Waals surface area contributed by atoms with Crippen molar-refractivity contribution in [3.8, 4) is 0 Å². The van der Waals surface area contributed by atoms with Crippen LogP contribution in [0.3, 0.4) is 0 Å². The van der Waals surface area contributed by atoms with Crippen LogP contribution >= 0.6 is 15.9 Å². The molecule has 6 heteroatoms. The Balaban J connectivity index is 2.23. The highest BCUT2D eigenvalue weighted by Crippen LogP contribution is 2.23. The fourth-order valence-corrected chi connectivity index (χ4v) is 2.69. The normalized spacial score (nSPS) is 22.9. The third-order valence-corrected chi connectivity index (χ3v) is 4.33. The molecule has 0 aromatic heterocycles. The maximum atomic E-state index is 13.1. The third kappa shape index (κ3) is 2.85. The van der Waals surface area contributed by atoms with Crippen LogP contribution in [0.5, 0.6) is 0 Å².